The molecule has 0 aliphatic carbocycles. The smallest absolute Gasteiger partial charge is 0.272 e. The van der Waals surface area contributed by atoms with Gasteiger partial charge in [0.2, 0.25) is 0 Å². The van der Waals surface area contributed by atoms with E-state index in [2.05, 4.69) is 20.2 Å². The zero-order valence-electron chi connectivity index (χ0n) is 17.5. The Morgan fingerprint density at radius 1 is 1.33 bits per heavy atom. The molecule has 4 heterocycles. The van der Waals surface area contributed by atoms with Crippen LogP contribution in [-0.4, -0.2) is 62.5 Å². The normalized spacial score (nSPS) is 16.0. The number of hydrogen-bond donors (Lipinski definition) is 0. The van der Waals surface area contributed by atoms with Crippen molar-refractivity contribution >= 4 is 5.91 Å². The van der Waals surface area contributed by atoms with Gasteiger partial charge in [-0.3, -0.25) is 14.5 Å². The number of pyridine rings is 1. The molecule has 30 heavy (non-hydrogen) atoms. The Balaban J connectivity index is 1.54. The molecule has 3 aromatic rings. The maximum Gasteiger partial charge on any atom is 0.272 e. The lowest BCUT2D eigenvalue weighted by molar-refractivity contribution is 0.0606. The second kappa shape index (κ2) is 8.35. The first kappa shape index (κ1) is 20.2. The zero-order valence-corrected chi connectivity index (χ0v) is 17.5. The standard InChI is InChI=1S/C21H26N6O3/c1-15-13-17(26(2)24-15)19(28)27-10-6-21(7-11-27,8-12-29-3)20-23-18(30-25-20)16-5-4-9-22-14-16/h4-5,9,13-14H,6-8,10-12H2,1-3H3. The van der Waals surface area contributed by atoms with Crippen molar-refractivity contribution in [1.82, 2.24) is 29.8 Å². The molecular formula is C21H26N6O3. The summed E-state index contributed by atoms with van der Waals surface area (Å²) < 4.78 is 12.5. The van der Waals surface area contributed by atoms with E-state index in [0.29, 0.717) is 37.1 Å². The van der Waals surface area contributed by atoms with Gasteiger partial charge in [-0.25, -0.2) is 0 Å². The monoisotopic (exact) mass is 410 g/mol. The highest BCUT2D eigenvalue weighted by Gasteiger charge is 2.41. The summed E-state index contributed by atoms with van der Waals surface area (Å²) in [6.45, 7) is 3.71. The molecule has 0 aromatic carbocycles. The summed E-state index contributed by atoms with van der Waals surface area (Å²) in [6.07, 6.45) is 5.66. The topological polar surface area (TPSA) is 99.2 Å². The van der Waals surface area contributed by atoms with Crippen molar-refractivity contribution in [3.63, 3.8) is 0 Å². The first-order chi connectivity index (χ1) is 14.5. The first-order valence-corrected chi connectivity index (χ1v) is 10.1. The summed E-state index contributed by atoms with van der Waals surface area (Å²) in [5.74, 6) is 1.13. The van der Waals surface area contributed by atoms with Crippen LogP contribution < -0.4 is 0 Å². The van der Waals surface area contributed by atoms with E-state index in [0.717, 1.165) is 30.5 Å². The molecule has 1 fully saturated rings. The predicted octanol–water partition coefficient (Wildman–Crippen LogP) is 2.38. The zero-order chi connectivity index (χ0) is 21.1. The predicted molar refractivity (Wildman–Crippen MR) is 109 cm³/mol. The van der Waals surface area contributed by atoms with Crippen LogP contribution in [0.25, 0.3) is 11.5 Å². The third-order valence-corrected chi connectivity index (χ3v) is 5.82. The molecule has 0 unspecified atom stereocenters. The fourth-order valence-corrected chi connectivity index (χ4v) is 4.04. The van der Waals surface area contributed by atoms with Crippen molar-refractivity contribution < 1.29 is 14.1 Å². The van der Waals surface area contributed by atoms with Crippen molar-refractivity contribution in [2.45, 2.75) is 31.6 Å². The van der Waals surface area contributed by atoms with Gasteiger partial charge in [-0.2, -0.15) is 10.1 Å². The molecule has 3 aromatic heterocycles. The van der Waals surface area contributed by atoms with Crippen molar-refractivity contribution in [2.75, 3.05) is 26.8 Å². The van der Waals surface area contributed by atoms with Gasteiger partial charge in [0.25, 0.3) is 11.8 Å². The summed E-state index contributed by atoms with van der Waals surface area (Å²) in [7, 11) is 3.49. The molecule has 0 spiro atoms. The summed E-state index contributed by atoms with van der Waals surface area (Å²) in [6, 6.07) is 5.56. The maximum absolute atomic E-state index is 13.0. The second-order valence-electron chi connectivity index (χ2n) is 7.77. The minimum atomic E-state index is -0.293. The molecule has 4 rings (SSSR count). The summed E-state index contributed by atoms with van der Waals surface area (Å²) in [4.78, 5) is 23.6. The number of amides is 1. The summed E-state index contributed by atoms with van der Waals surface area (Å²) >= 11 is 0. The quantitative estimate of drug-likeness (QED) is 0.615. The van der Waals surface area contributed by atoms with Crippen molar-refractivity contribution in [1.29, 1.82) is 0 Å². The van der Waals surface area contributed by atoms with E-state index in [9.17, 15) is 4.79 Å². The lowest BCUT2D eigenvalue weighted by Gasteiger charge is -2.39. The number of piperidine rings is 1. The number of rotatable bonds is 6. The molecule has 9 nitrogen and oxygen atoms in total. The number of aryl methyl sites for hydroxylation is 2. The summed E-state index contributed by atoms with van der Waals surface area (Å²) in [5, 5.41) is 8.59. The van der Waals surface area contributed by atoms with Gasteiger partial charge >= 0.3 is 0 Å². The fraction of sp³-hybridized carbons (Fsp3) is 0.476. The van der Waals surface area contributed by atoms with Gasteiger partial charge < -0.3 is 14.2 Å². The first-order valence-electron chi connectivity index (χ1n) is 10.1. The third kappa shape index (κ3) is 3.85. The van der Waals surface area contributed by atoms with Gasteiger partial charge in [-0.15, -0.1) is 0 Å². The molecule has 1 aliphatic heterocycles. The van der Waals surface area contributed by atoms with Gasteiger partial charge in [-0.05, 0) is 44.4 Å². The lowest BCUT2D eigenvalue weighted by Crippen LogP contribution is -2.46. The average Bonchev–Trinajstić information content (AvgIpc) is 3.40. The highest BCUT2D eigenvalue weighted by molar-refractivity contribution is 5.92. The Hall–Kier alpha value is -3.07. The molecule has 0 N–H and O–H groups in total. The van der Waals surface area contributed by atoms with Gasteiger partial charge in [0, 0.05) is 51.7 Å². The molecule has 0 radical (unpaired) electrons. The van der Waals surface area contributed by atoms with E-state index in [1.807, 2.05) is 30.0 Å². The van der Waals surface area contributed by atoms with E-state index < -0.39 is 0 Å². The molecular weight excluding hydrogens is 384 g/mol. The van der Waals surface area contributed by atoms with Crippen LogP contribution in [0.5, 0.6) is 0 Å². The van der Waals surface area contributed by atoms with Gasteiger partial charge in [0.15, 0.2) is 5.82 Å². The number of ether oxygens (including phenoxy) is 1. The highest BCUT2D eigenvalue weighted by Crippen LogP contribution is 2.38. The Labute approximate surface area is 175 Å². The van der Waals surface area contributed by atoms with Crippen LogP contribution in [0.4, 0.5) is 0 Å². The minimum absolute atomic E-state index is 0.00241. The SMILES string of the molecule is COCCC1(c2noc(-c3cccnc3)n2)CCN(C(=O)c2cc(C)nn2C)CC1. The van der Waals surface area contributed by atoms with Crippen LogP contribution in [0.3, 0.4) is 0 Å². The Kier molecular flexibility index (Phi) is 5.63. The van der Waals surface area contributed by atoms with Crippen molar-refractivity contribution in [3.8, 4) is 11.5 Å². The van der Waals surface area contributed by atoms with Crippen LogP contribution in [0, 0.1) is 6.92 Å². The van der Waals surface area contributed by atoms with Crippen LogP contribution in [0.1, 0.15) is 41.3 Å². The number of aromatic nitrogens is 5. The summed E-state index contributed by atoms with van der Waals surface area (Å²) in [5.41, 5.74) is 1.94. The number of likely N-dealkylation sites (tertiary alicyclic amines) is 1. The molecule has 158 valence electrons. The van der Waals surface area contributed by atoms with E-state index >= 15 is 0 Å². The van der Waals surface area contributed by atoms with Crippen LogP contribution in [0.15, 0.2) is 35.1 Å². The van der Waals surface area contributed by atoms with Crippen LogP contribution >= 0.6 is 0 Å². The molecule has 1 aliphatic rings. The Morgan fingerprint density at radius 2 is 2.13 bits per heavy atom. The number of carbonyl (C=O) groups excluding carboxylic acids is 1. The number of carbonyl (C=O) groups is 1. The average molecular weight is 410 g/mol. The van der Waals surface area contributed by atoms with Gasteiger partial charge in [0.1, 0.15) is 5.69 Å². The lowest BCUT2D eigenvalue weighted by atomic mass is 9.75. The number of nitrogens with zero attached hydrogens (tertiary/aromatic N) is 6. The van der Waals surface area contributed by atoms with E-state index in [1.165, 1.54) is 0 Å². The van der Waals surface area contributed by atoms with E-state index in [4.69, 9.17) is 9.26 Å². The van der Waals surface area contributed by atoms with E-state index in [-0.39, 0.29) is 11.3 Å². The molecule has 1 saturated heterocycles. The second-order valence-corrected chi connectivity index (χ2v) is 7.77. The van der Waals surface area contributed by atoms with Gasteiger partial charge in [-0.1, -0.05) is 5.16 Å². The van der Waals surface area contributed by atoms with Crippen molar-refractivity contribution in [2.24, 2.45) is 7.05 Å². The van der Waals surface area contributed by atoms with Gasteiger partial charge in [0.05, 0.1) is 11.3 Å². The minimum Gasteiger partial charge on any atom is -0.385 e. The highest BCUT2D eigenvalue weighted by atomic mass is 16.5. The van der Waals surface area contributed by atoms with Crippen LogP contribution in [0.2, 0.25) is 0 Å². The third-order valence-electron chi connectivity index (χ3n) is 5.82. The van der Waals surface area contributed by atoms with E-state index in [1.54, 1.807) is 31.2 Å². The Morgan fingerprint density at radius 3 is 2.77 bits per heavy atom. The molecule has 0 atom stereocenters. The largest absolute Gasteiger partial charge is 0.385 e. The Bertz CT molecular complexity index is 1000. The molecule has 0 bridgehead atoms. The molecule has 9 heteroatoms. The number of methoxy groups -OCH3 is 1. The number of hydrogen-bond acceptors (Lipinski definition) is 7. The van der Waals surface area contributed by atoms with Crippen molar-refractivity contribution in [3.05, 3.63) is 47.8 Å². The molecule has 1 amide bonds. The maximum atomic E-state index is 13.0. The van der Waals surface area contributed by atoms with Crippen LogP contribution in [-0.2, 0) is 17.2 Å². The molecule has 0 saturated carbocycles. The fourth-order valence-electron chi connectivity index (χ4n) is 4.04.